The lowest BCUT2D eigenvalue weighted by atomic mass is 10.1. The number of hydrogen-bond donors (Lipinski definition) is 1. The van der Waals surface area contributed by atoms with E-state index in [0.717, 1.165) is 16.5 Å². The second-order valence-electron chi connectivity index (χ2n) is 5.24. The molecular weight excluding hydrogens is 316 g/mol. The highest BCUT2D eigenvalue weighted by atomic mass is 79.9. The highest BCUT2D eigenvalue weighted by Gasteiger charge is 2.32. The molecule has 1 unspecified atom stereocenters. The first-order valence-electron chi connectivity index (χ1n) is 5.84. The van der Waals surface area contributed by atoms with E-state index in [0.29, 0.717) is 12.5 Å². The van der Waals surface area contributed by atoms with E-state index in [1.165, 1.54) is 0 Å². The predicted octanol–water partition coefficient (Wildman–Crippen LogP) is 2.72. The molecule has 2 rings (SSSR count). The number of ether oxygens (including phenoxy) is 1. The minimum absolute atomic E-state index is 0.0267. The van der Waals surface area contributed by atoms with E-state index in [2.05, 4.69) is 25.6 Å². The van der Waals surface area contributed by atoms with Crippen molar-refractivity contribution in [2.24, 2.45) is 0 Å². The van der Waals surface area contributed by atoms with E-state index < -0.39 is 11.4 Å². The minimum Gasteiger partial charge on any atom is -0.598 e. The Labute approximate surface area is 119 Å². The summed E-state index contributed by atoms with van der Waals surface area (Å²) in [5.41, 5.74) is 0.966. The zero-order valence-electron chi connectivity index (χ0n) is 10.7. The molecule has 0 aromatic carbocycles. The van der Waals surface area contributed by atoms with Gasteiger partial charge in [0.15, 0.2) is 0 Å². The van der Waals surface area contributed by atoms with Crippen molar-refractivity contribution >= 4 is 27.3 Å². The normalized spacial score (nSPS) is 21.1. The highest BCUT2D eigenvalue weighted by Crippen LogP contribution is 2.33. The fourth-order valence-corrected chi connectivity index (χ4v) is 2.88. The summed E-state index contributed by atoms with van der Waals surface area (Å²) in [5.74, 6) is 0.632. The van der Waals surface area contributed by atoms with Crippen molar-refractivity contribution in [1.82, 2.24) is 9.71 Å². The van der Waals surface area contributed by atoms with E-state index in [1.54, 1.807) is 6.20 Å². The average molecular weight is 333 g/mol. The number of fused-ring (bicyclic) bond motifs is 1. The van der Waals surface area contributed by atoms with Crippen LogP contribution < -0.4 is 9.46 Å². The number of hydrogen-bond acceptors (Lipinski definition) is 4. The molecule has 0 aliphatic carbocycles. The second-order valence-corrected chi connectivity index (χ2v) is 8.15. The van der Waals surface area contributed by atoms with E-state index in [4.69, 9.17) is 4.74 Å². The molecule has 1 aromatic rings. The Hall–Kier alpha value is -0.300. The van der Waals surface area contributed by atoms with E-state index >= 15 is 0 Å². The Morgan fingerprint density at radius 3 is 2.94 bits per heavy atom. The lowest BCUT2D eigenvalue weighted by Gasteiger charge is -2.30. The molecule has 4 nitrogen and oxygen atoms in total. The van der Waals surface area contributed by atoms with Gasteiger partial charge in [-0.1, -0.05) is 0 Å². The largest absolute Gasteiger partial charge is 0.598 e. The zero-order valence-corrected chi connectivity index (χ0v) is 13.1. The van der Waals surface area contributed by atoms with Gasteiger partial charge in [-0.05, 0) is 42.8 Å². The third-order valence-electron chi connectivity index (χ3n) is 2.67. The van der Waals surface area contributed by atoms with Gasteiger partial charge < -0.3 is 9.29 Å². The molecule has 0 fully saturated rings. The molecule has 1 aromatic heterocycles. The van der Waals surface area contributed by atoms with Crippen molar-refractivity contribution in [2.45, 2.75) is 38.0 Å². The fraction of sp³-hybridized carbons (Fsp3) is 0.583. The van der Waals surface area contributed by atoms with Crippen molar-refractivity contribution in [2.75, 3.05) is 6.61 Å². The molecule has 6 heteroatoms. The summed E-state index contributed by atoms with van der Waals surface area (Å²) in [6.45, 7) is 6.46. The van der Waals surface area contributed by atoms with Gasteiger partial charge in [0.25, 0.3) is 0 Å². The van der Waals surface area contributed by atoms with Gasteiger partial charge in [-0.2, -0.15) is 0 Å². The molecule has 0 radical (unpaired) electrons. The van der Waals surface area contributed by atoms with Gasteiger partial charge in [-0.3, -0.25) is 0 Å². The molecule has 100 valence electrons. The van der Waals surface area contributed by atoms with Crippen LogP contribution in [0.5, 0.6) is 5.88 Å². The molecule has 18 heavy (non-hydrogen) atoms. The van der Waals surface area contributed by atoms with Crippen molar-refractivity contribution in [1.29, 1.82) is 0 Å². The Bertz CT molecular complexity index is 437. The molecule has 0 spiro atoms. The molecule has 0 bridgehead atoms. The van der Waals surface area contributed by atoms with Crippen LogP contribution in [0.25, 0.3) is 0 Å². The Morgan fingerprint density at radius 2 is 2.28 bits per heavy atom. The van der Waals surface area contributed by atoms with Crippen LogP contribution in [-0.4, -0.2) is 20.9 Å². The molecular formula is C12H17BrN2O2S. The smallest absolute Gasteiger partial charge is 0.218 e. The van der Waals surface area contributed by atoms with Crippen molar-refractivity contribution in [3.8, 4) is 5.88 Å². The van der Waals surface area contributed by atoms with Crippen LogP contribution in [0, 0.1) is 0 Å². The summed E-state index contributed by atoms with van der Waals surface area (Å²) in [5, 5.41) is 0. The van der Waals surface area contributed by atoms with Gasteiger partial charge >= 0.3 is 0 Å². The van der Waals surface area contributed by atoms with Crippen LogP contribution in [0.3, 0.4) is 0 Å². The number of pyridine rings is 1. The maximum Gasteiger partial charge on any atom is 0.218 e. The van der Waals surface area contributed by atoms with Crippen molar-refractivity contribution in [3.05, 3.63) is 22.3 Å². The first-order chi connectivity index (χ1) is 8.38. The molecule has 2 heterocycles. The number of aromatic nitrogens is 1. The number of rotatable bonds is 2. The Balaban J connectivity index is 2.20. The van der Waals surface area contributed by atoms with Crippen LogP contribution >= 0.6 is 15.9 Å². The van der Waals surface area contributed by atoms with Crippen molar-refractivity contribution < 1.29 is 9.29 Å². The van der Waals surface area contributed by atoms with Crippen molar-refractivity contribution in [3.63, 3.8) is 0 Å². The molecule has 0 amide bonds. The maximum atomic E-state index is 12.2. The van der Waals surface area contributed by atoms with Gasteiger partial charge in [-0.15, -0.1) is 4.72 Å². The quantitative estimate of drug-likeness (QED) is 0.846. The van der Waals surface area contributed by atoms with Crippen LogP contribution in [0.15, 0.2) is 16.7 Å². The maximum absolute atomic E-state index is 12.2. The lowest BCUT2D eigenvalue weighted by Crippen LogP contribution is -2.42. The molecule has 1 N–H and O–H groups in total. The third-order valence-corrected chi connectivity index (χ3v) is 4.72. The number of halogens is 1. The van der Waals surface area contributed by atoms with Crippen LogP contribution in [0.1, 0.15) is 38.8 Å². The number of nitrogens with zero attached hydrogens (tertiary/aromatic N) is 1. The summed E-state index contributed by atoms with van der Waals surface area (Å²) >= 11 is 2.30. The summed E-state index contributed by atoms with van der Waals surface area (Å²) in [6.07, 6.45) is 2.51. The van der Waals surface area contributed by atoms with Crippen LogP contribution in [0.2, 0.25) is 0 Å². The SMILES string of the molecule is CC(C)(C)[S+]([O-])N[C@H]1CCOc2ncc(Br)cc21. The fourth-order valence-electron chi connectivity index (χ4n) is 1.67. The Morgan fingerprint density at radius 1 is 1.56 bits per heavy atom. The van der Waals surface area contributed by atoms with Gasteiger partial charge in [0, 0.05) is 34.0 Å². The van der Waals surface area contributed by atoms with Crippen LogP contribution in [-0.2, 0) is 11.4 Å². The monoisotopic (exact) mass is 332 g/mol. The topological polar surface area (TPSA) is 57.2 Å². The standard InChI is InChI=1S/C12H17BrN2O2S/c1-12(2,3)18(16)15-10-4-5-17-11-9(10)6-8(13)7-14-11/h6-7,10,15H,4-5H2,1-3H3/t10-,18?/m0/s1. The first kappa shape index (κ1) is 14.1. The minimum atomic E-state index is -1.10. The average Bonchev–Trinajstić information content (AvgIpc) is 2.28. The zero-order chi connectivity index (χ0) is 13.3. The molecule has 1 aliphatic rings. The van der Waals surface area contributed by atoms with E-state index in [1.807, 2.05) is 26.8 Å². The van der Waals surface area contributed by atoms with Gasteiger partial charge in [0.2, 0.25) is 5.88 Å². The molecule has 0 saturated heterocycles. The molecule has 2 atom stereocenters. The summed E-state index contributed by atoms with van der Waals surface area (Å²) in [4.78, 5) is 4.23. The summed E-state index contributed by atoms with van der Waals surface area (Å²) in [7, 11) is 0. The van der Waals surface area contributed by atoms with Crippen LogP contribution in [0.4, 0.5) is 0 Å². The van der Waals surface area contributed by atoms with E-state index in [9.17, 15) is 4.55 Å². The second kappa shape index (κ2) is 5.36. The number of nitrogens with one attached hydrogen (secondary N) is 1. The van der Waals surface area contributed by atoms with Gasteiger partial charge in [0.05, 0.1) is 12.6 Å². The molecule has 1 aliphatic heterocycles. The Kier molecular flexibility index (Phi) is 4.21. The predicted molar refractivity (Wildman–Crippen MR) is 75.8 cm³/mol. The highest BCUT2D eigenvalue weighted by molar-refractivity contribution is 9.10. The van der Waals surface area contributed by atoms with E-state index in [-0.39, 0.29) is 10.8 Å². The lowest BCUT2D eigenvalue weighted by molar-refractivity contribution is 0.251. The third kappa shape index (κ3) is 3.17. The molecule has 0 saturated carbocycles. The van der Waals surface area contributed by atoms with Gasteiger partial charge in [0.1, 0.15) is 4.75 Å². The first-order valence-corrected chi connectivity index (χ1v) is 7.78. The summed E-state index contributed by atoms with van der Waals surface area (Å²) in [6, 6.07) is 2.00. The summed E-state index contributed by atoms with van der Waals surface area (Å²) < 4.78 is 21.5. The van der Waals surface area contributed by atoms with Gasteiger partial charge in [-0.25, -0.2) is 4.98 Å².